The first kappa shape index (κ1) is 20.3. The monoisotopic (exact) mass is 485 g/mol. The second-order valence-electron chi connectivity index (χ2n) is 6.27. The van der Waals surface area contributed by atoms with Crippen LogP contribution in [0.15, 0.2) is 70.2 Å². The Kier molecular flexibility index (Phi) is 6.25. The highest BCUT2D eigenvalue weighted by Gasteiger charge is 2.12. The van der Waals surface area contributed by atoms with Crippen LogP contribution in [-0.4, -0.2) is 18.3 Å². The van der Waals surface area contributed by atoms with Crippen LogP contribution in [-0.2, 0) is 6.61 Å². The molecule has 8 heteroatoms. The number of nitrogens with zero attached hydrogens (tertiary/aromatic N) is 2. The van der Waals surface area contributed by atoms with E-state index in [2.05, 4.69) is 31.4 Å². The van der Waals surface area contributed by atoms with Gasteiger partial charge in [0.2, 0.25) is 5.13 Å². The summed E-state index contributed by atoms with van der Waals surface area (Å²) in [6, 6.07) is 18.1. The van der Waals surface area contributed by atoms with Crippen molar-refractivity contribution < 1.29 is 13.9 Å². The molecule has 3 aromatic carbocycles. The van der Waals surface area contributed by atoms with Gasteiger partial charge >= 0.3 is 0 Å². The number of hydrogen-bond acceptors (Lipinski definition) is 6. The summed E-state index contributed by atoms with van der Waals surface area (Å²) in [6.45, 7) is 0.0915. The predicted octanol–water partition coefficient (Wildman–Crippen LogP) is 6.23. The number of hydrogen-bond donors (Lipinski definition) is 1. The quantitative estimate of drug-likeness (QED) is 0.249. The summed E-state index contributed by atoms with van der Waals surface area (Å²) in [6.07, 6.45) is 1.67. The molecule has 0 spiro atoms. The Balaban J connectivity index is 1.48. The third-order valence-electron chi connectivity index (χ3n) is 4.25. The molecule has 4 rings (SSSR count). The van der Waals surface area contributed by atoms with E-state index in [0.717, 1.165) is 15.8 Å². The molecule has 0 radical (unpaired) electrons. The number of ether oxygens (including phenoxy) is 2. The van der Waals surface area contributed by atoms with Gasteiger partial charge in [-0.1, -0.05) is 41.7 Å². The van der Waals surface area contributed by atoms with Crippen LogP contribution >= 0.6 is 27.3 Å². The number of aromatic nitrogens is 1. The SMILES string of the molecule is COc1cc(/C=N/Nc2nc3ccccc3s2)cc(Br)c1OCc1ccccc1F. The lowest BCUT2D eigenvalue weighted by Gasteiger charge is -2.13. The Labute approximate surface area is 185 Å². The van der Waals surface area contributed by atoms with Gasteiger partial charge in [-0.25, -0.2) is 9.37 Å². The van der Waals surface area contributed by atoms with Gasteiger partial charge in [0, 0.05) is 5.56 Å². The molecule has 0 unspecified atom stereocenters. The molecule has 4 aromatic rings. The molecule has 1 N–H and O–H groups in total. The van der Waals surface area contributed by atoms with Gasteiger partial charge in [-0.3, -0.25) is 5.43 Å². The summed E-state index contributed by atoms with van der Waals surface area (Å²) in [5.74, 6) is 0.705. The van der Waals surface area contributed by atoms with Crippen molar-refractivity contribution in [2.45, 2.75) is 6.61 Å². The Morgan fingerprint density at radius 1 is 1.17 bits per heavy atom. The van der Waals surface area contributed by atoms with Crippen LogP contribution in [0.1, 0.15) is 11.1 Å². The van der Waals surface area contributed by atoms with Crippen LogP contribution in [0.3, 0.4) is 0 Å². The second-order valence-corrected chi connectivity index (χ2v) is 8.16. The van der Waals surface area contributed by atoms with E-state index in [9.17, 15) is 4.39 Å². The van der Waals surface area contributed by atoms with Crippen LogP contribution in [0.5, 0.6) is 11.5 Å². The van der Waals surface area contributed by atoms with Crippen LogP contribution in [0.4, 0.5) is 9.52 Å². The van der Waals surface area contributed by atoms with Gasteiger partial charge in [0.15, 0.2) is 11.5 Å². The fourth-order valence-electron chi connectivity index (χ4n) is 2.80. The summed E-state index contributed by atoms with van der Waals surface area (Å²) >= 11 is 5.03. The molecule has 0 aliphatic carbocycles. The van der Waals surface area contributed by atoms with Crippen LogP contribution < -0.4 is 14.9 Å². The summed E-state index contributed by atoms with van der Waals surface area (Å²) in [5.41, 5.74) is 5.15. The Morgan fingerprint density at radius 2 is 1.97 bits per heavy atom. The van der Waals surface area contributed by atoms with Crippen molar-refractivity contribution >= 4 is 48.8 Å². The topological polar surface area (TPSA) is 55.7 Å². The molecule has 0 atom stereocenters. The average Bonchev–Trinajstić information content (AvgIpc) is 3.16. The summed E-state index contributed by atoms with van der Waals surface area (Å²) < 4.78 is 26.9. The molecule has 0 fully saturated rings. The van der Waals surface area contributed by atoms with E-state index in [1.165, 1.54) is 17.4 Å². The second kappa shape index (κ2) is 9.23. The molecule has 1 heterocycles. The minimum Gasteiger partial charge on any atom is -0.493 e. The lowest BCUT2D eigenvalue weighted by molar-refractivity contribution is 0.278. The minimum absolute atomic E-state index is 0.0915. The third kappa shape index (κ3) is 4.60. The maximum Gasteiger partial charge on any atom is 0.204 e. The van der Waals surface area contributed by atoms with Gasteiger partial charge in [0.05, 0.1) is 28.0 Å². The molecule has 1 aromatic heterocycles. The normalized spacial score (nSPS) is 11.2. The maximum absolute atomic E-state index is 13.8. The van der Waals surface area contributed by atoms with Crippen molar-refractivity contribution in [2.24, 2.45) is 5.10 Å². The van der Waals surface area contributed by atoms with Crippen molar-refractivity contribution in [3.8, 4) is 11.5 Å². The Hall–Kier alpha value is -2.97. The van der Waals surface area contributed by atoms with Gasteiger partial charge in [-0.2, -0.15) is 5.10 Å². The van der Waals surface area contributed by atoms with Crippen LogP contribution in [0.2, 0.25) is 0 Å². The van der Waals surface area contributed by atoms with Gasteiger partial charge in [0.25, 0.3) is 0 Å². The van der Waals surface area contributed by atoms with Crippen LogP contribution in [0.25, 0.3) is 10.2 Å². The molecule has 152 valence electrons. The predicted molar refractivity (Wildman–Crippen MR) is 122 cm³/mol. The number of fused-ring (bicyclic) bond motifs is 1. The Morgan fingerprint density at radius 3 is 2.77 bits per heavy atom. The van der Waals surface area contributed by atoms with E-state index in [1.54, 1.807) is 37.6 Å². The number of nitrogens with one attached hydrogen (secondary N) is 1. The first-order valence-electron chi connectivity index (χ1n) is 9.02. The lowest BCUT2D eigenvalue weighted by atomic mass is 10.2. The fraction of sp³-hybridized carbons (Fsp3) is 0.0909. The smallest absolute Gasteiger partial charge is 0.204 e. The van der Waals surface area contributed by atoms with Crippen molar-refractivity contribution in [3.05, 3.63) is 82.1 Å². The van der Waals surface area contributed by atoms with Crippen molar-refractivity contribution in [2.75, 3.05) is 12.5 Å². The van der Waals surface area contributed by atoms with Crippen molar-refractivity contribution in [3.63, 3.8) is 0 Å². The number of thiazole rings is 1. The number of anilines is 1. The molecule has 0 aliphatic rings. The largest absolute Gasteiger partial charge is 0.493 e. The molecule has 0 amide bonds. The number of para-hydroxylation sites is 1. The highest BCUT2D eigenvalue weighted by atomic mass is 79.9. The molecule has 0 saturated carbocycles. The summed E-state index contributed by atoms with van der Waals surface area (Å²) in [5, 5.41) is 4.98. The number of benzene rings is 3. The van der Waals surface area contributed by atoms with Crippen molar-refractivity contribution in [1.29, 1.82) is 0 Å². The minimum atomic E-state index is -0.308. The first-order chi connectivity index (χ1) is 14.6. The van der Waals surface area contributed by atoms with Crippen molar-refractivity contribution in [1.82, 2.24) is 4.98 Å². The van der Waals surface area contributed by atoms with E-state index in [1.807, 2.05) is 30.3 Å². The number of hydrazone groups is 1. The standard InChI is InChI=1S/C22H17BrFN3O2S/c1-28-19-11-14(12-25-27-22-26-18-8-4-5-9-20(18)30-22)10-16(23)21(19)29-13-15-6-2-3-7-17(15)24/h2-12H,13H2,1H3,(H,26,27)/b25-12+. The zero-order chi connectivity index (χ0) is 20.9. The first-order valence-corrected chi connectivity index (χ1v) is 10.6. The lowest BCUT2D eigenvalue weighted by Crippen LogP contribution is -2.01. The molecule has 0 bridgehead atoms. The Bertz CT molecular complexity index is 1180. The number of rotatable bonds is 7. The zero-order valence-corrected chi connectivity index (χ0v) is 18.3. The van der Waals surface area contributed by atoms with E-state index >= 15 is 0 Å². The van der Waals surface area contributed by atoms with E-state index < -0.39 is 0 Å². The molecule has 5 nitrogen and oxygen atoms in total. The number of halogens is 2. The fourth-order valence-corrected chi connectivity index (χ4v) is 4.19. The van der Waals surface area contributed by atoms with Gasteiger partial charge in [-0.15, -0.1) is 0 Å². The molecule has 30 heavy (non-hydrogen) atoms. The van der Waals surface area contributed by atoms with Gasteiger partial charge in [-0.05, 0) is 51.8 Å². The number of methoxy groups -OCH3 is 1. The third-order valence-corrected chi connectivity index (χ3v) is 5.78. The maximum atomic E-state index is 13.8. The van der Waals surface area contributed by atoms with E-state index in [0.29, 0.717) is 26.7 Å². The molecule has 0 saturated heterocycles. The zero-order valence-electron chi connectivity index (χ0n) is 15.9. The summed E-state index contributed by atoms with van der Waals surface area (Å²) in [7, 11) is 1.55. The molecular weight excluding hydrogens is 469 g/mol. The highest BCUT2D eigenvalue weighted by Crippen LogP contribution is 2.37. The van der Waals surface area contributed by atoms with Gasteiger partial charge in [0.1, 0.15) is 12.4 Å². The van der Waals surface area contributed by atoms with E-state index in [-0.39, 0.29) is 12.4 Å². The van der Waals surface area contributed by atoms with E-state index in [4.69, 9.17) is 9.47 Å². The summed E-state index contributed by atoms with van der Waals surface area (Å²) in [4.78, 5) is 4.48. The average molecular weight is 486 g/mol. The molecular formula is C22H17BrFN3O2S. The van der Waals surface area contributed by atoms with Crippen LogP contribution in [0, 0.1) is 5.82 Å². The molecule has 0 aliphatic heterocycles. The highest BCUT2D eigenvalue weighted by molar-refractivity contribution is 9.10. The van der Waals surface area contributed by atoms with Gasteiger partial charge < -0.3 is 9.47 Å².